The van der Waals surface area contributed by atoms with E-state index >= 15 is 0 Å². The summed E-state index contributed by atoms with van der Waals surface area (Å²) >= 11 is 5.94. The van der Waals surface area contributed by atoms with Crippen LogP contribution in [-0.2, 0) is 4.74 Å². The molecule has 1 amide bonds. The summed E-state index contributed by atoms with van der Waals surface area (Å²) in [4.78, 5) is 11.6. The van der Waals surface area contributed by atoms with Crippen molar-refractivity contribution in [2.75, 3.05) is 13.2 Å². The Labute approximate surface area is 158 Å². The second-order valence-electron chi connectivity index (χ2n) is 7.17. The molecule has 0 aliphatic heterocycles. The Balaban J connectivity index is 2.00. The zero-order valence-electron chi connectivity index (χ0n) is 15.8. The van der Waals surface area contributed by atoms with E-state index in [2.05, 4.69) is 10.5 Å². The Kier molecular flexibility index (Phi) is 6.53. The first-order valence-electron chi connectivity index (χ1n) is 8.52. The quantitative estimate of drug-likeness (QED) is 0.712. The van der Waals surface area contributed by atoms with Gasteiger partial charge in [0, 0.05) is 10.6 Å². The summed E-state index contributed by atoms with van der Waals surface area (Å²) in [6.45, 7) is 10.1. The monoisotopic (exact) mass is 380 g/mol. The molecule has 6 nitrogen and oxygen atoms in total. The van der Waals surface area contributed by atoms with E-state index in [1.165, 1.54) is 0 Å². The molecule has 26 heavy (non-hydrogen) atoms. The Morgan fingerprint density at radius 1 is 1.27 bits per heavy atom. The molecule has 142 valence electrons. The van der Waals surface area contributed by atoms with Gasteiger partial charge in [-0.1, -0.05) is 25.4 Å². The van der Waals surface area contributed by atoms with Gasteiger partial charge in [-0.2, -0.15) is 0 Å². The van der Waals surface area contributed by atoms with Crippen LogP contribution in [-0.4, -0.2) is 30.0 Å². The molecule has 1 aromatic carbocycles. The highest BCUT2D eigenvalue weighted by molar-refractivity contribution is 6.30. The zero-order chi connectivity index (χ0) is 19.3. The van der Waals surface area contributed by atoms with Crippen LogP contribution in [0.5, 0.6) is 5.88 Å². The van der Waals surface area contributed by atoms with Gasteiger partial charge in [0.05, 0.1) is 12.1 Å². The molecule has 0 aliphatic rings. The van der Waals surface area contributed by atoms with Crippen LogP contribution in [0.3, 0.4) is 0 Å². The van der Waals surface area contributed by atoms with Crippen LogP contribution in [0.2, 0.25) is 5.02 Å². The van der Waals surface area contributed by atoms with Gasteiger partial charge in [0.2, 0.25) is 0 Å². The number of halogens is 1. The molecular weight excluding hydrogens is 356 g/mol. The van der Waals surface area contributed by atoms with E-state index in [9.17, 15) is 4.79 Å². The van der Waals surface area contributed by atoms with Gasteiger partial charge in [0.15, 0.2) is 5.76 Å². The highest BCUT2D eigenvalue weighted by atomic mass is 35.5. The minimum Gasteiger partial charge on any atom is -0.473 e. The molecule has 1 N–H and O–H groups in total. The van der Waals surface area contributed by atoms with Crippen LogP contribution in [0.1, 0.15) is 46.1 Å². The molecule has 0 saturated heterocycles. The number of rotatable bonds is 6. The fourth-order valence-electron chi connectivity index (χ4n) is 2.32. The Morgan fingerprint density at radius 3 is 2.50 bits per heavy atom. The highest BCUT2D eigenvalue weighted by Gasteiger charge is 2.22. The molecule has 0 bridgehead atoms. The summed E-state index contributed by atoms with van der Waals surface area (Å²) in [5.74, 6) is 1.24. The summed E-state index contributed by atoms with van der Waals surface area (Å²) < 4.78 is 16.4. The van der Waals surface area contributed by atoms with Gasteiger partial charge in [-0.05, 0) is 56.1 Å². The lowest BCUT2D eigenvalue weighted by Crippen LogP contribution is -2.34. The number of benzene rings is 1. The van der Waals surface area contributed by atoms with Gasteiger partial charge < -0.3 is 19.3 Å². The van der Waals surface area contributed by atoms with Crippen LogP contribution in [0.4, 0.5) is 4.79 Å². The number of amides is 1. The third-order valence-corrected chi connectivity index (χ3v) is 3.64. The maximum atomic E-state index is 11.6. The molecule has 2 rings (SSSR count). The Morgan fingerprint density at radius 2 is 1.92 bits per heavy atom. The standard InChI is InChI=1S/C19H25ClN2O4/c1-12(2)15-16(13-6-8-14(20)9-7-13)26-22-17(15)24-11-10-21-18(23)25-19(3,4)5/h6-9,12H,10-11H2,1-5H3,(H,21,23). The first-order chi connectivity index (χ1) is 12.2. The number of hydrogen-bond donors (Lipinski definition) is 1. The van der Waals surface area contributed by atoms with E-state index < -0.39 is 11.7 Å². The predicted molar refractivity (Wildman–Crippen MR) is 101 cm³/mol. The lowest BCUT2D eigenvalue weighted by Gasteiger charge is -2.19. The van der Waals surface area contributed by atoms with Gasteiger partial charge in [0.25, 0.3) is 5.88 Å². The van der Waals surface area contributed by atoms with E-state index in [4.69, 9.17) is 25.6 Å². The van der Waals surface area contributed by atoms with Gasteiger partial charge in [-0.25, -0.2) is 4.79 Å². The van der Waals surface area contributed by atoms with Gasteiger partial charge in [-0.15, -0.1) is 0 Å². The van der Waals surface area contributed by atoms with Crippen molar-refractivity contribution in [3.8, 4) is 17.2 Å². The number of ether oxygens (including phenoxy) is 2. The average molecular weight is 381 g/mol. The SMILES string of the molecule is CC(C)c1c(OCCNC(=O)OC(C)(C)C)noc1-c1ccc(Cl)cc1. The third-order valence-electron chi connectivity index (χ3n) is 3.39. The molecule has 7 heteroatoms. The topological polar surface area (TPSA) is 73.6 Å². The van der Waals surface area contributed by atoms with Crippen molar-refractivity contribution in [2.24, 2.45) is 0 Å². The van der Waals surface area contributed by atoms with Crippen molar-refractivity contribution in [3.63, 3.8) is 0 Å². The van der Waals surface area contributed by atoms with Crippen LogP contribution in [0.15, 0.2) is 28.8 Å². The maximum absolute atomic E-state index is 11.6. The van der Waals surface area contributed by atoms with E-state index in [-0.39, 0.29) is 12.5 Å². The maximum Gasteiger partial charge on any atom is 0.407 e. The minimum absolute atomic E-state index is 0.153. The highest BCUT2D eigenvalue weighted by Crippen LogP contribution is 2.36. The van der Waals surface area contributed by atoms with Crippen molar-refractivity contribution < 1.29 is 18.8 Å². The van der Waals surface area contributed by atoms with Crippen molar-refractivity contribution >= 4 is 17.7 Å². The minimum atomic E-state index is -0.532. The normalized spacial score (nSPS) is 11.5. The second-order valence-corrected chi connectivity index (χ2v) is 7.61. The van der Waals surface area contributed by atoms with Crippen molar-refractivity contribution in [2.45, 2.75) is 46.1 Å². The van der Waals surface area contributed by atoms with Gasteiger partial charge >= 0.3 is 6.09 Å². The molecule has 2 aromatic rings. The van der Waals surface area contributed by atoms with Crippen molar-refractivity contribution in [3.05, 3.63) is 34.9 Å². The lowest BCUT2D eigenvalue weighted by atomic mass is 10.00. The average Bonchev–Trinajstić information content (AvgIpc) is 2.94. The smallest absolute Gasteiger partial charge is 0.407 e. The third kappa shape index (κ3) is 5.66. The number of nitrogens with one attached hydrogen (secondary N) is 1. The molecule has 0 aliphatic carbocycles. The predicted octanol–water partition coefficient (Wildman–Crippen LogP) is 5.02. The number of carbonyl (C=O) groups is 1. The zero-order valence-corrected chi connectivity index (χ0v) is 16.5. The van der Waals surface area contributed by atoms with Crippen LogP contribution in [0, 0.1) is 0 Å². The van der Waals surface area contributed by atoms with Crippen LogP contribution >= 0.6 is 11.6 Å². The number of carbonyl (C=O) groups excluding carboxylic acids is 1. The van der Waals surface area contributed by atoms with E-state index in [1.54, 1.807) is 12.1 Å². The fourth-order valence-corrected chi connectivity index (χ4v) is 2.45. The van der Waals surface area contributed by atoms with Crippen LogP contribution in [0.25, 0.3) is 11.3 Å². The van der Waals surface area contributed by atoms with Gasteiger partial charge in [-0.3, -0.25) is 0 Å². The molecule has 1 heterocycles. The van der Waals surface area contributed by atoms with Crippen molar-refractivity contribution in [1.29, 1.82) is 0 Å². The molecular formula is C19H25ClN2O4. The largest absolute Gasteiger partial charge is 0.473 e. The molecule has 0 radical (unpaired) electrons. The first kappa shape index (κ1) is 20.1. The number of aromatic nitrogens is 1. The molecule has 0 atom stereocenters. The number of nitrogens with zero attached hydrogens (tertiary/aromatic N) is 1. The number of alkyl carbamates (subject to hydrolysis) is 1. The Bertz CT molecular complexity index is 733. The van der Waals surface area contributed by atoms with Crippen molar-refractivity contribution in [1.82, 2.24) is 10.5 Å². The second kappa shape index (κ2) is 8.45. The van der Waals surface area contributed by atoms with Gasteiger partial charge in [0.1, 0.15) is 12.2 Å². The summed E-state index contributed by atoms with van der Waals surface area (Å²) in [6.07, 6.45) is -0.479. The van der Waals surface area contributed by atoms with Crippen LogP contribution < -0.4 is 10.1 Å². The Hall–Kier alpha value is -2.21. The molecule has 0 unspecified atom stereocenters. The summed E-state index contributed by atoms with van der Waals surface area (Å²) in [5.41, 5.74) is 1.23. The number of hydrogen-bond acceptors (Lipinski definition) is 5. The molecule has 0 fully saturated rings. The molecule has 0 saturated carbocycles. The molecule has 0 spiro atoms. The van der Waals surface area contributed by atoms with E-state index in [1.807, 2.05) is 46.8 Å². The van der Waals surface area contributed by atoms with E-state index in [0.29, 0.717) is 23.2 Å². The fraction of sp³-hybridized carbons (Fsp3) is 0.474. The molecule has 1 aromatic heterocycles. The summed E-state index contributed by atoms with van der Waals surface area (Å²) in [7, 11) is 0. The lowest BCUT2D eigenvalue weighted by molar-refractivity contribution is 0.0519. The van der Waals surface area contributed by atoms with E-state index in [0.717, 1.165) is 11.1 Å². The summed E-state index contributed by atoms with van der Waals surface area (Å²) in [6, 6.07) is 7.36. The first-order valence-corrected chi connectivity index (χ1v) is 8.90. The summed E-state index contributed by atoms with van der Waals surface area (Å²) in [5, 5.41) is 7.34.